The maximum absolute atomic E-state index is 12.5. The number of carboxylic acids is 1. The number of anilines is 1. The molecule has 10 nitrogen and oxygen atoms in total. The molecule has 0 saturated heterocycles. The lowest BCUT2D eigenvalue weighted by Crippen LogP contribution is -2.38. The summed E-state index contributed by atoms with van der Waals surface area (Å²) in [7, 11) is 0. The van der Waals surface area contributed by atoms with Crippen LogP contribution in [0.3, 0.4) is 0 Å². The topological polar surface area (TPSA) is 146 Å². The van der Waals surface area contributed by atoms with Gasteiger partial charge in [-0.05, 0) is 35.1 Å². The first-order valence-corrected chi connectivity index (χ1v) is 11.2. The zero-order chi connectivity index (χ0) is 24.4. The van der Waals surface area contributed by atoms with E-state index in [1.54, 1.807) is 12.2 Å². The van der Waals surface area contributed by atoms with Gasteiger partial charge in [0.25, 0.3) is 11.9 Å². The predicted molar refractivity (Wildman–Crippen MR) is 126 cm³/mol. The molecule has 1 aromatic heterocycles. The molecule has 0 aliphatic heterocycles. The maximum Gasteiger partial charge on any atom is 0.414 e. The average Bonchev–Trinajstić information content (AvgIpc) is 3.46. The minimum atomic E-state index is -0.900. The molecule has 1 heterocycles. The summed E-state index contributed by atoms with van der Waals surface area (Å²) in [5.74, 6) is -2.30. The zero-order valence-electron chi connectivity index (χ0n) is 18.6. The molecule has 0 spiro atoms. The van der Waals surface area contributed by atoms with Crippen LogP contribution < -0.4 is 10.6 Å². The maximum atomic E-state index is 12.5. The van der Waals surface area contributed by atoms with E-state index in [0.717, 1.165) is 22.3 Å². The number of aromatic amines is 1. The number of aromatic nitrogens is 3. The summed E-state index contributed by atoms with van der Waals surface area (Å²) in [5.41, 5.74) is 4.45. The second-order valence-corrected chi connectivity index (χ2v) is 8.47. The second-order valence-electron chi connectivity index (χ2n) is 8.47. The Morgan fingerprint density at radius 2 is 1.74 bits per heavy atom. The van der Waals surface area contributed by atoms with Gasteiger partial charge in [0.2, 0.25) is 5.82 Å². The van der Waals surface area contributed by atoms with Crippen molar-refractivity contribution in [3.63, 3.8) is 0 Å². The number of hydrogen-bond donors (Lipinski definition) is 4. The van der Waals surface area contributed by atoms with E-state index in [4.69, 9.17) is 4.74 Å². The van der Waals surface area contributed by atoms with Gasteiger partial charge in [0.1, 0.15) is 6.61 Å². The van der Waals surface area contributed by atoms with Crippen molar-refractivity contribution in [2.24, 2.45) is 5.92 Å². The highest BCUT2D eigenvalue weighted by Gasteiger charge is 2.29. The van der Waals surface area contributed by atoms with Crippen molar-refractivity contribution in [2.45, 2.75) is 24.8 Å². The SMILES string of the molecule is O=C(Nc1n[nH]c(C(=O)NC2C=CCC(C(=O)O)C2)n1)OCC1c2ccccc2-c2ccccc21. The molecule has 178 valence electrons. The highest BCUT2D eigenvalue weighted by atomic mass is 16.5. The van der Waals surface area contributed by atoms with Crippen molar-refractivity contribution in [1.29, 1.82) is 0 Å². The first kappa shape index (κ1) is 22.3. The van der Waals surface area contributed by atoms with Gasteiger partial charge in [0.05, 0.1) is 5.92 Å². The van der Waals surface area contributed by atoms with Gasteiger partial charge >= 0.3 is 12.1 Å². The van der Waals surface area contributed by atoms with Gasteiger partial charge in [-0.1, -0.05) is 60.7 Å². The monoisotopic (exact) mass is 473 g/mol. The Hall–Kier alpha value is -4.47. The zero-order valence-corrected chi connectivity index (χ0v) is 18.6. The van der Waals surface area contributed by atoms with Crippen LogP contribution in [0.1, 0.15) is 40.5 Å². The fourth-order valence-electron chi connectivity index (χ4n) is 4.58. The molecule has 2 atom stereocenters. The Labute approximate surface area is 200 Å². The number of ether oxygens (including phenoxy) is 1. The molecule has 10 heteroatoms. The molecule has 5 rings (SSSR count). The number of aliphatic carboxylic acids is 1. The summed E-state index contributed by atoms with van der Waals surface area (Å²) < 4.78 is 5.46. The van der Waals surface area contributed by atoms with Gasteiger partial charge < -0.3 is 15.2 Å². The largest absolute Gasteiger partial charge is 0.481 e. The number of amides is 2. The Morgan fingerprint density at radius 3 is 2.43 bits per heavy atom. The van der Waals surface area contributed by atoms with Crippen LogP contribution in [0.15, 0.2) is 60.7 Å². The van der Waals surface area contributed by atoms with E-state index < -0.39 is 29.9 Å². The average molecular weight is 473 g/mol. The van der Waals surface area contributed by atoms with E-state index in [1.165, 1.54) is 0 Å². The summed E-state index contributed by atoms with van der Waals surface area (Å²) in [5, 5.41) is 20.6. The van der Waals surface area contributed by atoms with E-state index in [9.17, 15) is 19.5 Å². The number of carboxylic acid groups (broad SMARTS) is 1. The van der Waals surface area contributed by atoms with Gasteiger partial charge in [-0.25, -0.2) is 4.79 Å². The van der Waals surface area contributed by atoms with Gasteiger partial charge in [0.15, 0.2) is 0 Å². The third kappa shape index (κ3) is 4.63. The van der Waals surface area contributed by atoms with Gasteiger partial charge in [0, 0.05) is 12.0 Å². The molecule has 2 aliphatic rings. The molecular weight excluding hydrogens is 450 g/mol. The van der Waals surface area contributed by atoms with Crippen molar-refractivity contribution >= 4 is 23.9 Å². The van der Waals surface area contributed by atoms with E-state index in [-0.39, 0.29) is 30.7 Å². The van der Waals surface area contributed by atoms with Crippen molar-refractivity contribution in [3.8, 4) is 11.1 Å². The summed E-state index contributed by atoms with van der Waals surface area (Å²) >= 11 is 0. The summed E-state index contributed by atoms with van der Waals surface area (Å²) in [6.07, 6.45) is 3.47. The molecule has 2 aliphatic carbocycles. The number of nitrogens with one attached hydrogen (secondary N) is 3. The molecule has 0 bridgehead atoms. The predicted octanol–water partition coefficient (Wildman–Crippen LogP) is 3.31. The van der Waals surface area contributed by atoms with Crippen LogP contribution in [0.2, 0.25) is 0 Å². The molecular formula is C25H23N5O5. The highest BCUT2D eigenvalue weighted by molar-refractivity contribution is 5.91. The summed E-state index contributed by atoms with van der Waals surface area (Å²) in [6.45, 7) is 0.135. The highest BCUT2D eigenvalue weighted by Crippen LogP contribution is 2.44. The quantitative estimate of drug-likeness (QED) is 0.402. The van der Waals surface area contributed by atoms with Crippen LogP contribution >= 0.6 is 0 Å². The van der Waals surface area contributed by atoms with Crippen molar-refractivity contribution in [3.05, 3.63) is 77.6 Å². The van der Waals surface area contributed by atoms with E-state index >= 15 is 0 Å². The third-order valence-electron chi connectivity index (χ3n) is 6.25. The number of benzene rings is 2. The smallest absolute Gasteiger partial charge is 0.414 e. The van der Waals surface area contributed by atoms with Gasteiger partial charge in [-0.2, -0.15) is 4.98 Å². The van der Waals surface area contributed by atoms with Crippen molar-refractivity contribution < 1.29 is 24.2 Å². The van der Waals surface area contributed by atoms with Gasteiger partial charge in [-0.15, -0.1) is 5.10 Å². The van der Waals surface area contributed by atoms with Crippen LogP contribution in [-0.4, -0.2) is 50.9 Å². The number of nitrogens with zero attached hydrogens (tertiary/aromatic N) is 2. The second kappa shape index (κ2) is 9.41. The molecule has 2 amide bonds. The number of fused-ring (bicyclic) bond motifs is 3. The number of carbonyl (C=O) groups excluding carboxylic acids is 2. The van der Waals surface area contributed by atoms with Crippen molar-refractivity contribution in [1.82, 2.24) is 20.5 Å². The fourth-order valence-corrected chi connectivity index (χ4v) is 4.58. The number of carbonyl (C=O) groups is 3. The van der Waals surface area contributed by atoms with E-state index in [2.05, 4.69) is 37.9 Å². The van der Waals surface area contributed by atoms with Crippen LogP contribution in [0, 0.1) is 5.92 Å². The molecule has 4 N–H and O–H groups in total. The Bertz CT molecular complexity index is 1270. The van der Waals surface area contributed by atoms with Crippen LogP contribution in [0.4, 0.5) is 10.7 Å². The number of allylic oxidation sites excluding steroid dienone is 1. The molecule has 0 radical (unpaired) electrons. The number of H-pyrrole nitrogens is 1. The lowest BCUT2D eigenvalue weighted by molar-refractivity contribution is -0.142. The fraction of sp³-hybridized carbons (Fsp3) is 0.240. The van der Waals surface area contributed by atoms with Crippen LogP contribution in [-0.2, 0) is 9.53 Å². The molecule has 0 saturated carbocycles. The van der Waals surface area contributed by atoms with E-state index in [0.29, 0.717) is 6.42 Å². The van der Waals surface area contributed by atoms with Gasteiger partial charge in [-0.3, -0.25) is 20.0 Å². The molecule has 3 aromatic rings. The van der Waals surface area contributed by atoms with Crippen LogP contribution in [0.25, 0.3) is 11.1 Å². The lowest BCUT2D eigenvalue weighted by atomic mass is 9.91. The normalized spacial score (nSPS) is 18.4. The summed E-state index contributed by atoms with van der Waals surface area (Å²) in [6, 6.07) is 15.6. The molecule has 2 aromatic carbocycles. The Morgan fingerprint density at radius 1 is 1.06 bits per heavy atom. The molecule has 0 fully saturated rings. The molecule has 35 heavy (non-hydrogen) atoms. The first-order valence-electron chi connectivity index (χ1n) is 11.2. The Kier molecular flexibility index (Phi) is 6.01. The number of rotatable bonds is 6. The third-order valence-corrected chi connectivity index (χ3v) is 6.25. The van der Waals surface area contributed by atoms with Crippen LogP contribution in [0.5, 0.6) is 0 Å². The lowest BCUT2D eigenvalue weighted by Gasteiger charge is -2.22. The first-order chi connectivity index (χ1) is 17.0. The minimum Gasteiger partial charge on any atom is -0.481 e. The minimum absolute atomic E-state index is 0.0835. The standard InChI is InChI=1S/C25H23N5O5/c31-22(26-15-7-5-6-14(12-15)23(32)33)21-27-24(30-29-21)28-25(34)35-13-20-18-10-3-1-8-16(18)17-9-2-4-11-19(17)20/h1-5,7-11,14-15,20H,6,12-13H2,(H,26,31)(H,32,33)(H2,27,28,29,30,34). The van der Waals surface area contributed by atoms with Crippen molar-refractivity contribution in [2.75, 3.05) is 11.9 Å². The Balaban J connectivity index is 1.17. The molecule has 2 unspecified atom stereocenters. The summed E-state index contributed by atoms with van der Waals surface area (Å²) in [4.78, 5) is 40.0. The number of hydrogen-bond acceptors (Lipinski definition) is 6. The van der Waals surface area contributed by atoms with E-state index in [1.807, 2.05) is 36.4 Å².